The lowest BCUT2D eigenvalue weighted by Gasteiger charge is -2.30. The number of benzene rings is 1. The standard InChI is InChI=1S/C35H47N5O10S/c1-34(2,3)50-32(45)36-27-10-8-6-4-5-7-9-23-17-35(23,31(44)38-51(47,48)26-13-14-26)37-29(42)28-16-25(20-40(28)30(27)43)49-33(46)39-18-21-11-12-24(41)15-22(21)19-39/h7,9,11-12,15,23,25-28,41H,4-6,8,10,13-14,16-20H2,1-3H3,(H,36,45)(H,37,42)(H,38,44)/b9-7-/t23-,25-,27+,28+,35-/m1/s1. The lowest BCUT2D eigenvalue weighted by Crippen LogP contribution is -2.58. The van der Waals surface area contributed by atoms with Crippen molar-refractivity contribution in [2.75, 3.05) is 6.54 Å². The minimum absolute atomic E-state index is 0.0771. The summed E-state index contributed by atoms with van der Waals surface area (Å²) in [7, 11) is -3.91. The third kappa shape index (κ3) is 8.42. The number of carbonyl (C=O) groups is 5. The molecule has 51 heavy (non-hydrogen) atoms. The summed E-state index contributed by atoms with van der Waals surface area (Å²) in [5.74, 6) is -2.48. The number of phenols is 1. The van der Waals surface area contributed by atoms with E-state index in [1.807, 2.05) is 12.2 Å². The number of amides is 5. The first-order valence-electron chi connectivity index (χ1n) is 17.7. The van der Waals surface area contributed by atoms with Crippen LogP contribution in [0.1, 0.15) is 89.7 Å². The van der Waals surface area contributed by atoms with Crippen molar-refractivity contribution in [2.45, 2.75) is 126 Å². The van der Waals surface area contributed by atoms with Crippen LogP contribution in [0.2, 0.25) is 0 Å². The van der Waals surface area contributed by atoms with E-state index in [0.717, 1.165) is 24.0 Å². The van der Waals surface area contributed by atoms with Gasteiger partial charge >= 0.3 is 12.2 Å². The summed E-state index contributed by atoms with van der Waals surface area (Å²) in [5.41, 5.74) is -0.738. The third-order valence-electron chi connectivity index (χ3n) is 9.97. The number of nitrogens with one attached hydrogen (secondary N) is 3. The van der Waals surface area contributed by atoms with E-state index in [1.54, 1.807) is 32.9 Å². The average molecular weight is 730 g/mol. The Morgan fingerprint density at radius 1 is 1.04 bits per heavy atom. The molecule has 5 aliphatic rings. The number of rotatable bonds is 5. The van der Waals surface area contributed by atoms with Crippen LogP contribution in [0.25, 0.3) is 0 Å². The molecule has 3 heterocycles. The zero-order valence-corrected chi connectivity index (χ0v) is 30.0. The maximum atomic E-state index is 14.3. The molecule has 278 valence electrons. The molecular weight excluding hydrogens is 682 g/mol. The number of sulfonamides is 1. The second-order valence-electron chi connectivity index (χ2n) is 15.3. The Bertz CT molecular complexity index is 1720. The predicted octanol–water partition coefficient (Wildman–Crippen LogP) is 2.71. The van der Waals surface area contributed by atoms with Crippen molar-refractivity contribution in [1.29, 1.82) is 0 Å². The lowest BCUT2D eigenvalue weighted by molar-refractivity contribution is -0.141. The van der Waals surface area contributed by atoms with Gasteiger partial charge in [0.1, 0.15) is 35.1 Å². The molecule has 1 aromatic carbocycles. The minimum atomic E-state index is -3.91. The highest BCUT2D eigenvalue weighted by Crippen LogP contribution is 2.46. The number of alkyl carbamates (subject to hydrolysis) is 1. The predicted molar refractivity (Wildman–Crippen MR) is 182 cm³/mol. The van der Waals surface area contributed by atoms with Crippen LogP contribution in [0.4, 0.5) is 9.59 Å². The molecule has 4 N–H and O–H groups in total. The van der Waals surface area contributed by atoms with Crippen LogP contribution >= 0.6 is 0 Å². The van der Waals surface area contributed by atoms with Crippen molar-refractivity contribution in [3.05, 3.63) is 41.5 Å². The van der Waals surface area contributed by atoms with Gasteiger partial charge in [0.2, 0.25) is 21.8 Å². The lowest BCUT2D eigenvalue weighted by atomic mass is 10.0. The molecule has 5 amide bonds. The van der Waals surface area contributed by atoms with Crippen LogP contribution < -0.4 is 15.4 Å². The van der Waals surface area contributed by atoms with Crippen LogP contribution in [0, 0.1) is 5.92 Å². The van der Waals surface area contributed by atoms with Crippen LogP contribution in [-0.2, 0) is 47.0 Å². The van der Waals surface area contributed by atoms with Gasteiger partial charge in [0.05, 0.1) is 11.8 Å². The van der Waals surface area contributed by atoms with Gasteiger partial charge in [0.15, 0.2) is 0 Å². The van der Waals surface area contributed by atoms with Gasteiger partial charge in [-0.05, 0) is 82.6 Å². The molecule has 0 radical (unpaired) electrons. The number of ether oxygens (including phenoxy) is 2. The molecule has 2 aliphatic carbocycles. The monoisotopic (exact) mass is 729 g/mol. The van der Waals surface area contributed by atoms with Crippen molar-refractivity contribution < 1.29 is 47.0 Å². The molecule has 3 aliphatic heterocycles. The van der Waals surface area contributed by atoms with E-state index >= 15 is 0 Å². The molecule has 16 heteroatoms. The summed E-state index contributed by atoms with van der Waals surface area (Å²) in [4.78, 5) is 71.0. The number of hydrogen-bond acceptors (Lipinski definition) is 10. The molecular formula is C35H47N5O10S. The number of phenolic OH excluding ortho intramolecular Hbond substituents is 1. The molecule has 5 atom stereocenters. The summed E-state index contributed by atoms with van der Waals surface area (Å²) in [6, 6.07) is 2.59. The fraction of sp³-hybridized carbons (Fsp3) is 0.629. The van der Waals surface area contributed by atoms with E-state index in [9.17, 15) is 37.5 Å². The van der Waals surface area contributed by atoms with E-state index in [1.165, 1.54) is 15.9 Å². The first-order valence-corrected chi connectivity index (χ1v) is 19.2. The quantitative estimate of drug-likeness (QED) is 0.327. The summed E-state index contributed by atoms with van der Waals surface area (Å²) in [6.07, 6.45) is 5.38. The van der Waals surface area contributed by atoms with Crippen LogP contribution in [-0.4, -0.2) is 94.4 Å². The van der Waals surface area contributed by atoms with Crippen molar-refractivity contribution in [2.24, 2.45) is 5.92 Å². The summed E-state index contributed by atoms with van der Waals surface area (Å²) in [5, 5.41) is 14.7. The normalized spacial score (nSPS) is 28.9. The molecule has 15 nitrogen and oxygen atoms in total. The van der Waals surface area contributed by atoms with Gasteiger partial charge in [0, 0.05) is 25.4 Å². The SMILES string of the molecule is CC(C)(C)OC(=O)N[C@H]1CCCCC/C=C\[C@@H]2C[C@@]2(C(=O)NS(=O)(=O)C2CC2)NC(=O)[C@@H]2C[C@@H](OC(=O)N3Cc4ccc(O)cc4C3)CN2C1=O. The molecule has 2 saturated carbocycles. The average Bonchev–Trinajstić information content (AvgIpc) is 3.93. The van der Waals surface area contributed by atoms with Crippen molar-refractivity contribution in [1.82, 2.24) is 25.2 Å². The largest absolute Gasteiger partial charge is 0.508 e. The third-order valence-corrected chi connectivity index (χ3v) is 11.8. The number of allylic oxidation sites excluding steroid dienone is 1. The van der Waals surface area contributed by atoms with Gasteiger partial charge in [-0.1, -0.05) is 31.1 Å². The van der Waals surface area contributed by atoms with E-state index in [2.05, 4.69) is 15.4 Å². The highest BCUT2D eigenvalue weighted by Gasteiger charge is 2.62. The highest BCUT2D eigenvalue weighted by molar-refractivity contribution is 7.91. The van der Waals surface area contributed by atoms with Gasteiger partial charge in [-0.2, -0.15) is 0 Å². The Hall–Kier alpha value is -4.34. The van der Waals surface area contributed by atoms with Gasteiger partial charge in [-0.3, -0.25) is 24.0 Å². The van der Waals surface area contributed by atoms with Crippen molar-refractivity contribution in [3.63, 3.8) is 0 Å². The van der Waals surface area contributed by atoms with Crippen LogP contribution in [0.3, 0.4) is 0 Å². The van der Waals surface area contributed by atoms with E-state index in [-0.39, 0.29) is 44.6 Å². The molecule has 0 bridgehead atoms. The number of fused-ring (bicyclic) bond motifs is 3. The number of hydrogen-bond donors (Lipinski definition) is 4. The fourth-order valence-electron chi connectivity index (χ4n) is 7.02. The van der Waals surface area contributed by atoms with Crippen LogP contribution in [0.15, 0.2) is 30.4 Å². The number of carbonyl (C=O) groups excluding carboxylic acids is 5. The summed E-state index contributed by atoms with van der Waals surface area (Å²) >= 11 is 0. The van der Waals surface area contributed by atoms with E-state index < -0.39 is 80.4 Å². The maximum absolute atomic E-state index is 14.3. The Kier molecular flexibility index (Phi) is 10.0. The second kappa shape index (κ2) is 14.0. The first kappa shape index (κ1) is 36.5. The first-order chi connectivity index (χ1) is 24.0. The number of nitrogens with zero attached hydrogens (tertiary/aromatic N) is 2. The van der Waals surface area contributed by atoms with Crippen molar-refractivity contribution in [3.8, 4) is 5.75 Å². The number of aromatic hydroxyl groups is 1. The molecule has 0 spiro atoms. The van der Waals surface area contributed by atoms with Crippen molar-refractivity contribution >= 4 is 39.9 Å². The Labute approximate surface area is 297 Å². The van der Waals surface area contributed by atoms with Crippen LogP contribution in [0.5, 0.6) is 5.75 Å². The van der Waals surface area contributed by atoms with Gasteiger partial charge in [-0.15, -0.1) is 0 Å². The molecule has 0 unspecified atom stereocenters. The molecule has 1 aromatic rings. The van der Waals surface area contributed by atoms with E-state index in [0.29, 0.717) is 25.7 Å². The Morgan fingerprint density at radius 2 is 1.78 bits per heavy atom. The highest BCUT2D eigenvalue weighted by atomic mass is 32.2. The van der Waals surface area contributed by atoms with E-state index in [4.69, 9.17) is 9.47 Å². The zero-order valence-electron chi connectivity index (χ0n) is 29.2. The van der Waals surface area contributed by atoms with Gasteiger partial charge in [0.25, 0.3) is 5.91 Å². The zero-order chi connectivity index (χ0) is 36.7. The Morgan fingerprint density at radius 3 is 2.51 bits per heavy atom. The Balaban J connectivity index is 1.25. The fourth-order valence-corrected chi connectivity index (χ4v) is 8.39. The van der Waals surface area contributed by atoms with Gasteiger partial charge in [-0.25, -0.2) is 18.0 Å². The topological polar surface area (TPSA) is 201 Å². The molecule has 3 fully saturated rings. The van der Waals surface area contributed by atoms with Gasteiger partial charge < -0.3 is 30.1 Å². The minimum Gasteiger partial charge on any atom is -0.508 e. The molecule has 0 aromatic heterocycles. The maximum Gasteiger partial charge on any atom is 0.410 e. The smallest absolute Gasteiger partial charge is 0.410 e. The second-order valence-corrected chi connectivity index (χ2v) is 17.2. The molecule has 6 rings (SSSR count). The summed E-state index contributed by atoms with van der Waals surface area (Å²) < 4.78 is 39.0. The summed E-state index contributed by atoms with van der Waals surface area (Å²) in [6.45, 7) is 5.41. The molecule has 1 saturated heterocycles.